The van der Waals surface area contributed by atoms with E-state index in [-0.39, 0.29) is 12.0 Å². The zero-order valence-electron chi connectivity index (χ0n) is 18.3. The zero-order valence-corrected chi connectivity index (χ0v) is 19.1. The van der Waals surface area contributed by atoms with Crippen LogP contribution in [0, 0.1) is 0 Å². The number of carbonyl (C=O) groups is 2. The molecule has 3 rings (SSSR count). The molecular weight excluding hydrogens is 414 g/mol. The molecule has 2 amide bonds. The summed E-state index contributed by atoms with van der Waals surface area (Å²) < 4.78 is 5.45. The van der Waals surface area contributed by atoms with Crippen LogP contribution in [0.15, 0.2) is 36.0 Å². The van der Waals surface area contributed by atoms with Crippen LogP contribution in [0.25, 0.3) is 11.0 Å². The van der Waals surface area contributed by atoms with E-state index in [0.717, 1.165) is 28.8 Å². The number of H-pyrrole nitrogens is 1. The van der Waals surface area contributed by atoms with E-state index in [1.165, 1.54) is 11.3 Å². The minimum Gasteiger partial charge on any atom is -0.444 e. The van der Waals surface area contributed by atoms with Crippen molar-refractivity contribution >= 4 is 45.7 Å². The molecule has 0 atom stereocenters. The molecule has 0 unspecified atom stereocenters. The van der Waals surface area contributed by atoms with Gasteiger partial charge in [-0.05, 0) is 50.8 Å². The predicted octanol–water partition coefficient (Wildman–Crippen LogP) is 4.74. The van der Waals surface area contributed by atoms with Gasteiger partial charge in [-0.3, -0.25) is 4.79 Å². The number of thiophene rings is 1. The summed E-state index contributed by atoms with van der Waals surface area (Å²) in [5.74, 6) is -0.183. The molecule has 31 heavy (non-hydrogen) atoms. The number of anilines is 2. The van der Waals surface area contributed by atoms with Gasteiger partial charge in [0.1, 0.15) is 16.1 Å². The second kappa shape index (κ2) is 9.82. The average Bonchev–Trinajstić information content (AvgIpc) is 3.35. The number of ether oxygens (including phenoxy) is 1. The highest BCUT2D eigenvalue weighted by Crippen LogP contribution is 2.29. The van der Waals surface area contributed by atoms with Crippen LogP contribution in [0.1, 0.15) is 43.8 Å². The third kappa shape index (κ3) is 5.97. The van der Waals surface area contributed by atoms with Crippen molar-refractivity contribution < 1.29 is 14.3 Å². The number of nitrogens with one attached hydrogen (secondary N) is 3. The molecule has 0 aliphatic rings. The molecule has 0 aromatic carbocycles. The summed E-state index contributed by atoms with van der Waals surface area (Å²) in [5.41, 5.74) is 1.83. The van der Waals surface area contributed by atoms with Gasteiger partial charge >= 0.3 is 6.09 Å². The van der Waals surface area contributed by atoms with Gasteiger partial charge in [-0.25, -0.2) is 9.78 Å². The quantitative estimate of drug-likeness (QED) is 0.467. The van der Waals surface area contributed by atoms with E-state index in [4.69, 9.17) is 4.74 Å². The third-order valence-corrected chi connectivity index (χ3v) is 5.33. The Kier molecular flexibility index (Phi) is 7.17. The number of aromatic amines is 1. The Morgan fingerprint density at radius 3 is 2.74 bits per heavy atom. The minimum absolute atomic E-state index is 0.183. The molecule has 3 N–H and O–H groups in total. The average molecular weight is 444 g/mol. The molecule has 0 aliphatic carbocycles. The van der Waals surface area contributed by atoms with Gasteiger partial charge in [0.25, 0.3) is 5.91 Å². The van der Waals surface area contributed by atoms with Gasteiger partial charge in [0, 0.05) is 37.4 Å². The molecule has 3 aromatic rings. The summed E-state index contributed by atoms with van der Waals surface area (Å²) in [6.07, 6.45) is 3.99. The van der Waals surface area contributed by atoms with Crippen LogP contribution in [-0.2, 0) is 4.74 Å². The Morgan fingerprint density at radius 1 is 1.19 bits per heavy atom. The Bertz CT molecular complexity index is 1040. The molecule has 3 aromatic heterocycles. The second-order valence-corrected chi connectivity index (χ2v) is 9.03. The number of hydrogen-bond donors (Lipinski definition) is 3. The smallest absolute Gasteiger partial charge is 0.410 e. The van der Waals surface area contributed by atoms with E-state index in [1.807, 2.05) is 57.5 Å². The molecule has 0 radical (unpaired) electrons. The Labute approximate surface area is 186 Å². The summed E-state index contributed by atoms with van der Waals surface area (Å²) in [6, 6.07) is 5.69. The summed E-state index contributed by atoms with van der Waals surface area (Å²) in [5, 5.41) is 9.07. The maximum atomic E-state index is 12.8. The van der Waals surface area contributed by atoms with Gasteiger partial charge < -0.3 is 25.3 Å². The number of nitrogens with zero attached hydrogens (tertiary/aromatic N) is 2. The predicted molar refractivity (Wildman–Crippen MR) is 124 cm³/mol. The molecule has 0 bridgehead atoms. The first kappa shape index (κ1) is 22.6. The van der Waals surface area contributed by atoms with Gasteiger partial charge in [-0.2, -0.15) is 0 Å². The molecule has 0 fully saturated rings. The van der Waals surface area contributed by atoms with E-state index in [0.29, 0.717) is 24.5 Å². The van der Waals surface area contributed by atoms with Crippen LogP contribution < -0.4 is 10.6 Å². The summed E-state index contributed by atoms with van der Waals surface area (Å²) in [6.45, 7) is 8.82. The van der Waals surface area contributed by atoms with Crippen molar-refractivity contribution in [3.05, 3.63) is 40.8 Å². The first-order valence-electron chi connectivity index (χ1n) is 10.3. The van der Waals surface area contributed by atoms with Crippen molar-refractivity contribution in [3.63, 3.8) is 0 Å². The highest BCUT2D eigenvalue weighted by Gasteiger charge is 2.22. The summed E-state index contributed by atoms with van der Waals surface area (Å²) in [7, 11) is 0. The Morgan fingerprint density at radius 2 is 2.00 bits per heavy atom. The molecule has 166 valence electrons. The summed E-state index contributed by atoms with van der Waals surface area (Å²) >= 11 is 1.36. The molecule has 9 heteroatoms. The van der Waals surface area contributed by atoms with E-state index >= 15 is 0 Å². The number of rotatable bonds is 8. The largest absolute Gasteiger partial charge is 0.444 e. The molecular formula is C22H29N5O3S. The topological polar surface area (TPSA) is 99.4 Å². The molecule has 8 nitrogen and oxygen atoms in total. The third-order valence-electron chi connectivity index (χ3n) is 4.41. The number of hydrogen-bond acceptors (Lipinski definition) is 6. The van der Waals surface area contributed by atoms with Gasteiger partial charge in [0.05, 0.1) is 11.4 Å². The maximum Gasteiger partial charge on any atom is 0.410 e. The van der Waals surface area contributed by atoms with Crippen LogP contribution >= 0.6 is 11.3 Å². The fourth-order valence-electron chi connectivity index (χ4n) is 3.07. The zero-order chi connectivity index (χ0) is 22.4. The Balaban J connectivity index is 1.61. The first-order chi connectivity index (χ1) is 14.8. The lowest BCUT2D eigenvalue weighted by Gasteiger charge is -2.27. The van der Waals surface area contributed by atoms with Crippen molar-refractivity contribution in [2.24, 2.45) is 0 Å². The van der Waals surface area contributed by atoms with Crippen molar-refractivity contribution in [3.8, 4) is 0 Å². The monoisotopic (exact) mass is 443 g/mol. The molecule has 3 heterocycles. The first-order valence-corrected chi connectivity index (χ1v) is 11.2. The number of aromatic nitrogens is 2. The van der Waals surface area contributed by atoms with E-state index < -0.39 is 5.60 Å². The summed E-state index contributed by atoms with van der Waals surface area (Å²) in [4.78, 5) is 34.7. The van der Waals surface area contributed by atoms with Gasteiger partial charge in [-0.15, -0.1) is 11.3 Å². The van der Waals surface area contributed by atoms with Gasteiger partial charge in [-0.1, -0.05) is 6.92 Å². The van der Waals surface area contributed by atoms with Gasteiger partial charge in [0.15, 0.2) is 0 Å². The Hall–Kier alpha value is -3.07. The minimum atomic E-state index is -0.554. The molecule has 0 aliphatic heterocycles. The van der Waals surface area contributed by atoms with Crippen LogP contribution in [0.5, 0.6) is 0 Å². The lowest BCUT2D eigenvalue weighted by molar-refractivity contribution is 0.0250. The van der Waals surface area contributed by atoms with Crippen molar-refractivity contribution in [1.82, 2.24) is 20.2 Å². The van der Waals surface area contributed by atoms with Crippen LogP contribution in [0.4, 0.5) is 16.2 Å². The standard InChI is InChI=1S/C22H29N5O3S/c1-5-12-27(21(29)30-22(2,3)4)13-11-25-20(28)18-17(8-14-31-18)26-16-7-10-24-19-15(16)6-9-23-19/h6-10,14H,5,11-13H2,1-4H3,(H,25,28)(H2,23,24,26). The lowest BCUT2D eigenvalue weighted by Crippen LogP contribution is -2.41. The van der Waals surface area contributed by atoms with Crippen molar-refractivity contribution in [2.45, 2.75) is 39.7 Å². The number of pyridine rings is 1. The fourth-order valence-corrected chi connectivity index (χ4v) is 3.84. The molecule has 0 saturated carbocycles. The van der Waals surface area contributed by atoms with E-state index in [1.54, 1.807) is 11.1 Å². The highest BCUT2D eigenvalue weighted by atomic mass is 32.1. The molecule has 0 saturated heterocycles. The van der Waals surface area contributed by atoms with E-state index in [2.05, 4.69) is 20.6 Å². The second-order valence-electron chi connectivity index (χ2n) is 8.11. The van der Waals surface area contributed by atoms with Crippen LogP contribution in [0.2, 0.25) is 0 Å². The number of amides is 2. The lowest BCUT2D eigenvalue weighted by atomic mass is 10.2. The van der Waals surface area contributed by atoms with Crippen molar-refractivity contribution in [2.75, 3.05) is 25.0 Å². The fraction of sp³-hybridized carbons (Fsp3) is 0.409. The van der Waals surface area contributed by atoms with Crippen LogP contribution in [-0.4, -0.2) is 52.1 Å². The molecule has 0 spiro atoms. The van der Waals surface area contributed by atoms with Crippen LogP contribution in [0.3, 0.4) is 0 Å². The normalized spacial score (nSPS) is 11.4. The highest BCUT2D eigenvalue weighted by molar-refractivity contribution is 7.12. The number of fused-ring (bicyclic) bond motifs is 1. The van der Waals surface area contributed by atoms with E-state index in [9.17, 15) is 9.59 Å². The SMILES string of the molecule is CCCN(CCNC(=O)c1sccc1Nc1ccnc2[nH]ccc12)C(=O)OC(C)(C)C. The maximum absolute atomic E-state index is 12.8. The van der Waals surface area contributed by atoms with Gasteiger partial charge in [0.2, 0.25) is 0 Å². The number of carbonyl (C=O) groups excluding carboxylic acids is 2. The van der Waals surface area contributed by atoms with Crippen molar-refractivity contribution in [1.29, 1.82) is 0 Å².